The zero-order chi connectivity index (χ0) is 76.5. The number of nitrogens with zero attached hydrogens (tertiary/aromatic N) is 9. The van der Waals surface area contributed by atoms with Gasteiger partial charge in [0.15, 0.2) is 0 Å². The molecule has 3 saturated heterocycles. The van der Waals surface area contributed by atoms with Gasteiger partial charge >= 0.3 is 0 Å². The minimum Gasteiger partial charge on any atom is -0.494 e. The van der Waals surface area contributed by atoms with Gasteiger partial charge in [-0.1, -0.05) is 52.6 Å². The van der Waals surface area contributed by atoms with E-state index in [9.17, 15) is 22.1 Å². The average molecular weight is 1630 g/mol. The van der Waals surface area contributed by atoms with Crippen LogP contribution in [0.4, 0.5) is 57.1 Å². The molecule has 3 aliphatic carbocycles. The molecule has 3 aliphatic heterocycles. The van der Waals surface area contributed by atoms with Gasteiger partial charge in [-0.2, -0.15) is 5.26 Å². The fraction of sp³-hybridized carbons (Fsp3) is 0.475. The van der Waals surface area contributed by atoms with Gasteiger partial charge in [0, 0.05) is 89.7 Å². The SMILES string of the molecule is CC=Nc1cc(Br)cc(N2CCC3(CC2)CC3)c1C#N.CCCOc1cc(C)cc(N)c1.CCCOc1cc(C)cc(Nc2ncnc3cc(Br)cc(N4CCC5(CC4)CC5)c23)c1.CCCOc1cc(C)cc(Nc2ncnc3cc(NS(=O)(=O)CCO)cc(N4CCC5(CC4)CC5)c23)c1.NS(=O)(=O)CCO. The lowest BCUT2D eigenvalue weighted by atomic mass is 9.93. The van der Waals surface area contributed by atoms with E-state index in [2.05, 4.69) is 156 Å². The van der Waals surface area contributed by atoms with Crippen LogP contribution < -0.4 is 55.1 Å². The molecule has 0 unspecified atom stereocenters. The van der Waals surface area contributed by atoms with Crippen LogP contribution in [0.5, 0.6) is 17.2 Å². The van der Waals surface area contributed by atoms with Crippen LogP contribution in [-0.2, 0) is 20.0 Å². The number of hydrogen-bond acceptors (Lipinski definition) is 21. The van der Waals surface area contributed by atoms with Gasteiger partial charge < -0.3 is 55.5 Å². The summed E-state index contributed by atoms with van der Waals surface area (Å²) in [5.74, 6) is 3.33. The lowest BCUT2D eigenvalue weighted by molar-refractivity contribution is 0.317. The number of aliphatic hydroxyl groups excluding tert-OH is 2. The number of aryl methyl sites for hydroxylation is 3. The molecule has 0 radical (unpaired) electrons. The van der Waals surface area contributed by atoms with Gasteiger partial charge in [-0.3, -0.25) is 9.71 Å². The summed E-state index contributed by atoms with van der Waals surface area (Å²) in [5, 5.41) is 40.0. The number of nitrogen functional groups attached to an aromatic ring is 1. The van der Waals surface area contributed by atoms with E-state index in [1.165, 1.54) is 76.2 Å². The van der Waals surface area contributed by atoms with E-state index in [0.29, 0.717) is 52.0 Å². The van der Waals surface area contributed by atoms with Gasteiger partial charge in [-0.15, -0.1) is 0 Å². The van der Waals surface area contributed by atoms with Crippen LogP contribution in [0, 0.1) is 48.3 Å². The first kappa shape index (κ1) is 81.4. The molecule has 6 aromatic carbocycles. The normalized spacial score (nSPS) is 16.4. The number of rotatable bonds is 23. The second-order valence-electron chi connectivity index (χ2n) is 29.1. The maximum absolute atomic E-state index is 12.4. The number of aliphatic hydroxyl groups is 2. The topological polar surface area (TPSA) is 322 Å². The number of fused-ring (bicyclic) bond motifs is 2. The van der Waals surface area contributed by atoms with Gasteiger partial charge in [-0.05, 0) is 230 Å². The first-order valence-electron chi connectivity index (χ1n) is 37.3. The molecule has 574 valence electrons. The van der Waals surface area contributed by atoms with E-state index in [1.54, 1.807) is 18.6 Å². The first-order valence-corrected chi connectivity index (χ1v) is 42.2. The van der Waals surface area contributed by atoms with Crippen molar-refractivity contribution < 1.29 is 41.3 Å². The van der Waals surface area contributed by atoms with Gasteiger partial charge in [0.2, 0.25) is 20.0 Å². The number of nitrogens with two attached hydrogens (primary N) is 2. The first-order chi connectivity index (χ1) is 51.3. The number of nitrogens with one attached hydrogen (secondary N) is 3. The Kier molecular flexibility index (Phi) is 28.1. The standard InChI is InChI=1S/C27H35N5O4S.C25H29BrN4O.C16H18BrN3.C10H15NO.C2H7NO3S/c1-3-11-36-22-14-19(2)13-20(15-22)30-26-25-23(28-18-29-26)16-21(31-37(34,35)12-10-33)17-24(25)32-8-6-27(4-5-27)7-9-32;1-3-10-31-20-12-17(2)11-19(15-20)29-24-23-21(27-16-28-24)13-18(26)14-22(23)30-8-6-25(4-5-25)7-9-30;1-2-19-14-9-12(17)10-15(13(14)11-18)20-7-5-16(3-4-16)6-8-20;1-3-4-12-10-6-8(2)5-9(11)7-10;3-7(5,6)2-1-4/h13-18,31,33H,3-12H2,1-2H3,(H,28,29,30);11-16H,3-10H2,1-2H3,(H,27,28,29);2,9-10H,3-8H2,1H3;5-7H,3-4,11H2,1-2H3;4H,1-2H2,(H2,3,5,6). The van der Waals surface area contributed by atoms with Gasteiger partial charge in [0.1, 0.15) is 53.2 Å². The second kappa shape index (κ2) is 36.9. The highest BCUT2D eigenvalue weighted by Gasteiger charge is 2.47. The molecule has 8 aromatic rings. The molecule has 3 spiro atoms. The maximum Gasteiger partial charge on any atom is 0.234 e. The van der Waals surface area contributed by atoms with E-state index in [-0.39, 0.29) is 11.5 Å². The Hall–Kier alpha value is -8.10. The number of anilines is 9. The lowest BCUT2D eigenvalue weighted by Gasteiger charge is -2.35. The minimum atomic E-state index is -3.68. The third-order valence-electron chi connectivity index (χ3n) is 20.3. The van der Waals surface area contributed by atoms with Crippen molar-refractivity contribution in [3.8, 4) is 23.3 Å². The van der Waals surface area contributed by atoms with Crippen molar-refractivity contribution >= 4 is 137 Å². The Morgan fingerprint density at radius 2 is 0.953 bits per heavy atom. The summed E-state index contributed by atoms with van der Waals surface area (Å²) in [4.78, 5) is 29.8. The van der Waals surface area contributed by atoms with Gasteiger partial charge in [0.05, 0.1) is 94.8 Å². The minimum absolute atomic E-state index is 0.354. The third-order valence-corrected chi connectivity index (χ3v) is 23.3. The molecule has 5 heterocycles. The van der Waals surface area contributed by atoms with E-state index in [0.717, 1.165) is 177 Å². The second-order valence-corrected chi connectivity index (χ2v) is 34.5. The van der Waals surface area contributed by atoms with Crippen molar-refractivity contribution in [1.82, 2.24) is 19.9 Å². The number of hydrogen-bond donors (Lipinski definition) is 7. The molecule has 6 fully saturated rings. The van der Waals surface area contributed by atoms with Crippen molar-refractivity contribution in [1.29, 1.82) is 5.26 Å². The van der Waals surface area contributed by atoms with Gasteiger partial charge in [0.25, 0.3) is 0 Å². The molecular weight excluding hydrogens is 1520 g/mol. The predicted octanol–water partition coefficient (Wildman–Crippen LogP) is 16.3. The highest BCUT2D eigenvalue weighted by Crippen LogP contribution is 2.57. The van der Waals surface area contributed by atoms with Crippen molar-refractivity contribution in [3.63, 3.8) is 0 Å². The maximum atomic E-state index is 12.4. The smallest absolute Gasteiger partial charge is 0.234 e. The molecule has 23 nitrogen and oxygen atoms in total. The van der Waals surface area contributed by atoms with Crippen LogP contribution >= 0.6 is 31.9 Å². The molecule has 2 aromatic heterocycles. The Bertz CT molecular complexity index is 4660. The Morgan fingerprint density at radius 3 is 1.36 bits per heavy atom. The molecular formula is C80H104Br2N14O9S2. The van der Waals surface area contributed by atoms with E-state index >= 15 is 0 Å². The number of nitriles is 1. The number of sulfonamides is 2. The predicted molar refractivity (Wildman–Crippen MR) is 440 cm³/mol. The van der Waals surface area contributed by atoms with E-state index in [1.807, 2.05) is 75.4 Å². The summed E-state index contributed by atoms with van der Waals surface area (Å²) in [5.41, 5.74) is 20.0. The zero-order valence-electron chi connectivity index (χ0n) is 62.7. The van der Waals surface area contributed by atoms with E-state index < -0.39 is 33.3 Å². The number of aromatic nitrogens is 4. The molecule has 3 saturated carbocycles. The summed E-state index contributed by atoms with van der Waals surface area (Å²) in [6.07, 6.45) is 23.4. The van der Waals surface area contributed by atoms with Crippen molar-refractivity contribution in [2.45, 2.75) is 145 Å². The summed E-state index contributed by atoms with van der Waals surface area (Å²) < 4.78 is 66.4. The highest BCUT2D eigenvalue weighted by molar-refractivity contribution is 9.10. The van der Waals surface area contributed by atoms with Gasteiger partial charge in [-0.25, -0.2) is 41.9 Å². The molecule has 0 atom stereocenters. The van der Waals surface area contributed by atoms with Crippen LogP contribution in [-0.4, -0.2) is 137 Å². The Balaban J connectivity index is 0.000000157. The Labute approximate surface area is 648 Å². The van der Waals surface area contributed by atoms with Crippen molar-refractivity contribution in [3.05, 3.63) is 135 Å². The van der Waals surface area contributed by atoms with Crippen molar-refractivity contribution in [2.75, 3.05) is 120 Å². The Morgan fingerprint density at radius 1 is 0.542 bits per heavy atom. The summed E-state index contributed by atoms with van der Waals surface area (Å²) in [6, 6.07) is 32.2. The summed E-state index contributed by atoms with van der Waals surface area (Å²) in [7, 11) is -7.10. The monoisotopic (exact) mass is 1630 g/mol. The number of piperidine rings is 3. The highest BCUT2D eigenvalue weighted by atomic mass is 79.9. The number of halogens is 2. The molecule has 6 aliphatic rings. The third kappa shape index (κ3) is 23.2. The van der Waals surface area contributed by atoms with E-state index in [4.69, 9.17) is 30.2 Å². The van der Waals surface area contributed by atoms with Crippen LogP contribution in [0.1, 0.15) is 146 Å². The van der Waals surface area contributed by atoms with Crippen LogP contribution in [0.2, 0.25) is 0 Å². The molecule has 0 amide bonds. The summed E-state index contributed by atoms with van der Waals surface area (Å²) in [6.45, 7) is 21.6. The fourth-order valence-electron chi connectivity index (χ4n) is 14.0. The van der Waals surface area contributed by atoms with Crippen LogP contribution in [0.3, 0.4) is 0 Å². The number of primary sulfonamides is 1. The summed E-state index contributed by atoms with van der Waals surface area (Å²) >= 11 is 7.23. The quantitative estimate of drug-likeness (QED) is 0.0231. The number of benzene rings is 6. The molecule has 27 heteroatoms. The molecule has 0 bridgehead atoms. The van der Waals surface area contributed by atoms with Crippen LogP contribution in [0.25, 0.3) is 21.8 Å². The molecule has 9 N–H and O–H groups in total. The average Bonchev–Trinajstić information content (AvgIpc) is 1.60. The lowest BCUT2D eigenvalue weighted by Crippen LogP contribution is -2.34. The fourth-order valence-corrected chi connectivity index (χ4v) is 16.0. The number of aliphatic imine (C=N–C) groups is 1. The van der Waals surface area contributed by atoms with Crippen LogP contribution in [0.15, 0.2) is 118 Å². The number of ether oxygens (including phenoxy) is 3. The zero-order valence-corrected chi connectivity index (χ0v) is 67.5. The molecule has 107 heavy (non-hydrogen) atoms. The van der Waals surface area contributed by atoms with Crippen molar-refractivity contribution in [2.24, 2.45) is 26.4 Å². The largest absolute Gasteiger partial charge is 0.494 e. The molecule has 14 rings (SSSR count).